The molecule has 0 bridgehead atoms. The first-order valence-corrected chi connectivity index (χ1v) is 33.2. The van der Waals surface area contributed by atoms with Crippen LogP contribution in [0.15, 0.2) is 152 Å². The molecule has 0 fully saturated rings. The summed E-state index contributed by atoms with van der Waals surface area (Å²) in [5, 5.41) is 0. The predicted molar refractivity (Wildman–Crippen MR) is 349 cm³/mol. The van der Waals surface area contributed by atoms with E-state index in [4.69, 9.17) is 0 Å². The first-order valence-electron chi connectivity index (χ1n) is 33.2. The van der Waals surface area contributed by atoms with Gasteiger partial charge >= 0.3 is 0 Å². The molecule has 8 heteroatoms. The molecule has 0 amide bonds. The summed E-state index contributed by atoms with van der Waals surface area (Å²) >= 11 is 0. The molecule has 5 rings (SSSR count). The smallest absolute Gasteiger partial charge is 0.152 e. The van der Waals surface area contributed by atoms with E-state index in [9.17, 15) is 0 Å². The Bertz CT molecular complexity index is 2880. The standard InChI is InChI=1S/C78H102O8/c1-8-15-18-35-52-69(81)76(14-7,68(80)51-24-16-9-2)78(74(86)66(37-11-4)38-12-5,71(83)55-54-61-41-27-20-28-42-61)77(70(82)53-36-49-60-39-25-19-26-40-60,73(85)65(13-6)56-62-43-29-21-30-44-62)75(59-79,58-64-47-33-23-34-48-64)72(84)67(50-17-10-3)57-63-45-31-22-32-46-63/h19-23,25-34,39-48,59,65-67H,8-18,24,35-38,49-58H2,1-7H3. The first kappa shape index (κ1) is 70.2. The summed E-state index contributed by atoms with van der Waals surface area (Å²) in [6.07, 6.45) is 5.48. The van der Waals surface area contributed by atoms with Gasteiger partial charge in [0.15, 0.2) is 17.3 Å². The number of aldehydes is 1. The zero-order valence-corrected chi connectivity index (χ0v) is 53.4. The zero-order chi connectivity index (χ0) is 62.4. The molecule has 5 aromatic rings. The van der Waals surface area contributed by atoms with Gasteiger partial charge in [0.1, 0.15) is 51.1 Å². The van der Waals surface area contributed by atoms with Crippen molar-refractivity contribution in [1.82, 2.24) is 0 Å². The van der Waals surface area contributed by atoms with Crippen molar-refractivity contribution in [2.24, 2.45) is 39.4 Å². The number of rotatable bonds is 45. The number of unbranched alkanes of at least 4 members (excludes halogenated alkanes) is 6. The summed E-state index contributed by atoms with van der Waals surface area (Å²) in [5.41, 5.74) is -8.57. The Labute approximate surface area is 516 Å². The molecule has 0 aliphatic rings. The highest BCUT2D eigenvalue weighted by molar-refractivity contribution is 6.31. The summed E-state index contributed by atoms with van der Waals surface area (Å²) < 4.78 is 0. The molecule has 0 aliphatic heterocycles. The van der Waals surface area contributed by atoms with Crippen LogP contribution in [0.25, 0.3) is 0 Å². The van der Waals surface area contributed by atoms with Gasteiger partial charge in [0.2, 0.25) is 0 Å². The van der Waals surface area contributed by atoms with Crippen LogP contribution in [0.5, 0.6) is 0 Å². The normalized spacial score (nSPS) is 15.0. The van der Waals surface area contributed by atoms with Gasteiger partial charge in [0.25, 0.3) is 0 Å². The summed E-state index contributed by atoms with van der Waals surface area (Å²) in [4.78, 5) is 142. The molecule has 462 valence electrons. The molecule has 6 atom stereocenters. The quantitative estimate of drug-likeness (QED) is 0.0213. The van der Waals surface area contributed by atoms with E-state index < -0.39 is 106 Å². The van der Waals surface area contributed by atoms with Crippen LogP contribution in [0.3, 0.4) is 0 Å². The minimum atomic E-state index is -3.29. The lowest BCUT2D eigenvalue weighted by Gasteiger charge is -2.61. The Hall–Kier alpha value is -6.54. The molecule has 0 radical (unpaired) electrons. The average Bonchev–Trinajstić information content (AvgIpc) is 0.659. The van der Waals surface area contributed by atoms with Crippen LogP contribution >= 0.6 is 0 Å². The second kappa shape index (κ2) is 35.9. The van der Waals surface area contributed by atoms with Crippen molar-refractivity contribution in [3.05, 3.63) is 179 Å². The minimum Gasteiger partial charge on any atom is -0.302 e. The maximum Gasteiger partial charge on any atom is 0.152 e. The van der Waals surface area contributed by atoms with Gasteiger partial charge in [0.05, 0.1) is 0 Å². The molecule has 8 nitrogen and oxygen atoms in total. The second-order valence-corrected chi connectivity index (χ2v) is 24.5. The van der Waals surface area contributed by atoms with E-state index in [2.05, 4.69) is 6.92 Å². The van der Waals surface area contributed by atoms with Crippen molar-refractivity contribution < 1.29 is 38.4 Å². The van der Waals surface area contributed by atoms with Crippen LogP contribution in [0, 0.1) is 39.4 Å². The first-order chi connectivity index (χ1) is 41.7. The predicted octanol–water partition coefficient (Wildman–Crippen LogP) is 17.5. The van der Waals surface area contributed by atoms with Crippen LogP contribution in [-0.2, 0) is 70.5 Å². The fraction of sp³-hybridized carbons (Fsp3) is 0.513. The number of aryl methyl sites for hydroxylation is 2. The summed E-state index contributed by atoms with van der Waals surface area (Å²) in [5.74, 6) is -9.00. The van der Waals surface area contributed by atoms with Crippen molar-refractivity contribution in [3.8, 4) is 0 Å². The van der Waals surface area contributed by atoms with Gasteiger partial charge in [-0.05, 0) is 111 Å². The summed E-state index contributed by atoms with van der Waals surface area (Å²) in [6, 6.07) is 46.6. The molecular weight excluding hydrogens is 1060 g/mol. The number of hydrogen-bond acceptors (Lipinski definition) is 8. The molecule has 86 heavy (non-hydrogen) atoms. The van der Waals surface area contributed by atoms with Crippen molar-refractivity contribution in [2.75, 3.05) is 0 Å². The highest BCUT2D eigenvalue weighted by Gasteiger charge is 2.85. The van der Waals surface area contributed by atoms with Crippen molar-refractivity contribution in [2.45, 2.75) is 215 Å². The molecule has 0 saturated carbocycles. The molecule has 0 heterocycles. The molecular formula is C78H102O8. The Morgan fingerprint density at radius 2 is 0.767 bits per heavy atom. The Kier molecular flexibility index (Phi) is 29.3. The summed E-state index contributed by atoms with van der Waals surface area (Å²) in [7, 11) is 0. The van der Waals surface area contributed by atoms with Gasteiger partial charge in [-0.2, -0.15) is 0 Å². The molecule has 0 aliphatic carbocycles. The van der Waals surface area contributed by atoms with Crippen LogP contribution in [0.2, 0.25) is 0 Å². The maximum absolute atomic E-state index is 18.5. The Morgan fingerprint density at radius 1 is 0.360 bits per heavy atom. The number of hydrogen-bond donors (Lipinski definition) is 0. The number of Topliss-reactive ketones (excluding diaryl/α,β-unsaturated/α-hetero) is 7. The van der Waals surface area contributed by atoms with Crippen molar-refractivity contribution in [1.29, 1.82) is 0 Å². The van der Waals surface area contributed by atoms with E-state index in [1.54, 1.807) is 31.2 Å². The van der Waals surface area contributed by atoms with E-state index in [0.717, 1.165) is 29.5 Å². The van der Waals surface area contributed by atoms with Gasteiger partial charge in [-0.15, -0.1) is 0 Å². The molecule has 0 N–H and O–H groups in total. The Morgan fingerprint density at radius 3 is 1.22 bits per heavy atom. The third kappa shape index (κ3) is 16.1. The topological polar surface area (TPSA) is 137 Å². The van der Waals surface area contributed by atoms with E-state index in [0.29, 0.717) is 81.6 Å². The second-order valence-electron chi connectivity index (χ2n) is 24.5. The van der Waals surface area contributed by atoms with Gasteiger partial charge in [-0.3, -0.25) is 33.6 Å². The lowest BCUT2D eigenvalue weighted by Crippen LogP contribution is -2.79. The van der Waals surface area contributed by atoms with E-state index in [-0.39, 0.29) is 64.2 Å². The lowest BCUT2D eigenvalue weighted by molar-refractivity contribution is -0.202. The third-order valence-electron chi connectivity index (χ3n) is 18.8. The van der Waals surface area contributed by atoms with Gasteiger partial charge in [-0.25, -0.2) is 0 Å². The third-order valence-corrected chi connectivity index (χ3v) is 18.8. The Balaban J connectivity index is 2.30. The molecule has 0 saturated heterocycles. The largest absolute Gasteiger partial charge is 0.302 e. The van der Waals surface area contributed by atoms with Gasteiger partial charge < -0.3 is 4.79 Å². The van der Waals surface area contributed by atoms with Gasteiger partial charge in [0, 0.05) is 43.4 Å². The van der Waals surface area contributed by atoms with E-state index in [1.165, 1.54) is 0 Å². The number of carbonyl (C=O) groups excluding carboxylic acids is 8. The van der Waals surface area contributed by atoms with Crippen LogP contribution < -0.4 is 0 Å². The monoisotopic (exact) mass is 1170 g/mol. The fourth-order valence-corrected chi connectivity index (χ4v) is 14.5. The molecule has 6 unspecified atom stereocenters. The van der Waals surface area contributed by atoms with Gasteiger partial charge in [-0.1, -0.05) is 258 Å². The van der Waals surface area contributed by atoms with Crippen LogP contribution in [-0.4, -0.2) is 46.8 Å². The average molecular weight is 1170 g/mol. The minimum absolute atomic E-state index is 0.0109. The lowest BCUT2D eigenvalue weighted by atomic mass is 9.32. The number of carbonyl (C=O) groups is 8. The van der Waals surface area contributed by atoms with E-state index in [1.807, 2.05) is 162 Å². The highest BCUT2D eigenvalue weighted by atomic mass is 16.2. The van der Waals surface area contributed by atoms with Crippen LogP contribution in [0.1, 0.15) is 211 Å². The zero-order valence-electron chi connectivity index (χ0n) is 53.4. The van der Waals surface area contributed by atoms with Crippen LogP contribution in [0.4, 0.5) is 0 Å². The number of ketones is 7. The van der Waals surface area contributed by atoms with Crippen molar-refractivity contribution >= 4 is 46.8 Å². The van der Waals surface area contributed by atoms with E-state index >= 15 is 38.4 Å². The SMILES string of the molecule is CCCCCCC(=O)C(CC)(C(=O)CCCCC)C(C(=O)CCc1ccccc1)(C(=O)C(CCC)CCC)C(C(=O)CCCc1ccccc1)(C(=O)C(CC)Cc1ccccc1)C(C=O)(Cc1ccccc1)C(=O)C(CCCC)Cc1ccccc1. The maximum atomic E-state index is 18.5. The molecule has 5 aromatic carbocycles. The van der Waals surface area contributed by atoms with Crippen molar-refractivity contribution in [3.63, 3.8) is 0 Å². The molecule has 0 aromatic heterocycles. The summed E-state index contributed by atoms with van der Waals surface area (Å²) in [6.45, 7) is 13.5. The molecule has 0 spiro atoms. The number of benzene rings is 5. The highest BCUT2D eigenvalue weighted by Crippen LogP contribution is 2.68. The fourth-order valence-electron chi connectivity index (χ4n) is 14.5.